The van der Waals surface area contributed by atoms with Crippen LogP contribution in [0.1, 0.15) is 18.1 Å². The minimum Gasteiger partial charge on any atom is -0.481 e. The number of carbonyl (C=O) groups is 2. The van der Waals surface area contributed by atoms with Crippen LogP contribution in [0.2, 0.25) is 0 Å². The van der Waals surface area contributed by atoms with Crippen molar-refractivity contribution in [3.63, 3.8) is 0 Å². The molecule has 1 rings (SSSR count). The highest BCUT2D eigenvalue weighted by molar-refractivity contribution is 7.92. The Morgan fingerprint density at radius 1 is 1.25 bits per heavy atom. The average Bonchev–Trinajstić information content (AvgIpc) is 2.34. The maximum absolute atomic E-state index is 11.7. The fraction of sp³-hybridized carbons (Fsp3) is 0.385. The molecule has 1 unspecified atom stereocenters. The molecule has 1 amide bonds. The van der Waals surface area contributed by atoms with E-state index in [0.29, 0.717) is 11.1 Å². The van der Waals surface area contributed by atoms with Gasteiger partial charge in [0.2, 0.25) is 5.91 Å². The molecule has 0 saturated heterocycles. The molecule has 7 heteroatoms. The number of carbonyl (C=O) groups excluding carboxylic acids is 1. The standard InChI is InChI=1S/C13H17NO5S/c1-9(20(2,18)19)13(17)14-8-11-6-4-3-5-10(11)7-12(15)16/h3-6,9H,7-8H2,1-2H3,(H,14,17)(H,15,16). The van der Waals surface area contributed by atoms with Gasteiger partial charge < -0.3 is 10.4 Å². The van der Waals surface area contributed by atoms with Crippen LogP contribution in [0, 0.1) is 0 Å². The van der Waals surface area contributed by atoms with Gasteiger partial charge in [-0.15, -0.1) is 0 Å². The summed E-state index contributed by atoms with van der Waals surface area (Å²) in [6.45, 7) is 1.41. The number of carboxylic acids is 1. The zero-order chi connectivity index (χ0) is 15.3. The molecule has 1 aromatic rings. The van der Waals surface area contributed by atoms with E-state index in [9.17, 15) is 18.0 Å². The maximum Gasteiger partial charge on any atom is 0.307 e. The number of amides is 1. The first-order chi connectivity index (χ1) is 9.21. The van der Waals surface area contributed by atoms with Gasteiger partial charge >= 0.3 is 5.97 Å². The van der Waals surface area contributed by atoms with E-state index in [1.54, 1.807) is 24.3 Å². The average molecular weight is 299 g/mol. The lowest BCUT2D eigenvalue weighted by Gasteiger charge is -2.12. The third kappa shape index (κ3) is 4.65. The summed E-state index contributed by atoms with van der Waals surface area (Å²) in [6.07, 6.45) is 0.850. The van der Waals surface area contributed by atoms with E-state index in [0.717, 1.165) is 6.26 Å². The molecule has 0 heterocycles. The van der Waals surface area contributed by atoms with Crippen molar-refractivity contribution in [2.24, 2.45) is 0 Å². The number of rotatable bonds is 6. The van der Waals surface area contributed by atoms with Gasteiger partial charge in [0.25, 0.3) is 0 Å². The molecule has 110 valence electrons. The lowest BCUT2D eigenvalue weighted by molar-refractivity contribution is -0.136. The minimum atomic E-state index is -3.44. The van der Waals surface area contributed by atoms with Gasteiger partial charge in [0, 0.05) is 12.8 Å². The molecule has 1 aromatic carbocycles. The SMILES string of the molecule is CC(C(=O)NCc1ccccc1CC(=O)O)S(C)(=O)=O. The zero-order valence-electron chi connectivity index (χ0n) is 11.3. The number of hydrogen-bond donors (Lipinski definition) is 2. The topological polar surface area (TPSA) is 101 Å². The molecule has 20 heavy (non-hydrogen) atoms. The number of hydrogen-bond acceptors (Lipinski definition) is 4. The van der Waals surface area contributed by atoms with Gasteiger partial charge in [0.15, 0.2) is 9.84 Å². The molecular weight excluding hydrogens is 282 g/mol. The third-order valence-electron chi connectivity index (χ3n) is 2.92. The van der Waals surface area contributed by atoms with Gasteiger partial charge in [0.05, 0.1) is 6.42 Å². The van der Waals surface area contributed by atoms with Crippen LogP contribution in [0.5, 0.6) is 0 Å². The Bertz CT molecular complexity index is 609. The Kier molecular flexibility index (Phi) is 5.26. The molecule has 0 spiro atoms. The van der Waals surface area contributed by atoms with Crippen molar-refractivity contribution in [2.45, 2.75) is 25.1 Å². The molecule has 0 saturated carbocycles. The Morgan fingerprint density at radius 2 is 1.80 bits per heavy atom. The van der Waals surface area contributed by atoms with Crippen molar-refractivity contribution >= 4 is 21.7 Å². The van der Waals surface area contributed by atoms with E-state index in [-0.39, 0.29) is 13.0 Å². The molecule has 0 fully saturated rings. The summed E-state index contributed by atoms with van der Waals surface area (Å²) in [7, 11) is -3.44. The van der Waals surface area contributed by atoms with E-state index in [2.05, 4.69) is 5.32 Å². The number of carboxylic acid groups (broad SMARTS) is 1. The first-order valence-corrected chi connectivity index (χ1v) is 7.92. The number of benzene rings is 1. The molecule has 1 atom stereocenters. The van der Waals surface area contributed by atoms with Gasteiger partial charge in [-0.05, 0) is 18.1 Å². The smallest absolute Gasteiger partial charge is 0.307 e. The van der Waals surface area contributed by atoms with E-state index in [1.165, 1.54) is 6.92 Å². The van der Waals surface area contributed by atoms with Crippen molar-refractivity contribution in [2.75, 3.05) is 6.26 Å². The van der Waals surface area contributed by atoms with Gasteiger partial charge in [-0.1, -0.05) is 24.3 Å². The molecule has 0 aliphatic heterocycles. The largest absolute Gasteiger partial charge is 0.481 e. The molecular formula is C13H17NO5S. The molecule has 0 aliphatic rings. The van der Waals surface area contributed by atoms with Crippen LogP contribution in [0.25, 0.3) is 0 Å². The Labute approximate surface area is 117 Å². The molecule has 0 aromatic heterocycles. The first-order valence-electron chi connectivity index (χ1n) is 5.97. The van der Waals surface area contributed by atoms with Gasteiger partial charge in [-0.2, -0.15) is 0 Å². The van der Waals surface area contributed by atoms with Crippen LogP contribution in [0.15, 0.2) is 24.3 Å². The minimum absolute atomic E-state index is 0.0994. The highest BCUT2D eigenvalue weighted by Crippen LogP contribution is 2.10. The lowest BCUT2D eigenvalue weighted by Crippen LogP contribution is -2.37. The fourth-order valence-corrected chi connectivity index (χ4v) is 2.06. The van der Waals surface area contributed by atoms with Gasteiger partial charge in [0.1, 0.15) is 5.25 Å². The van der Waals surface area contributed by atoms with Crippen LogP contribution in [0.3, 0.4) is 0 Å². The summed E-state index contributed by atoms with van der Waals surface area (Å²) in [4.78, 5) is 22.4. The predicted octanol–water partition coefficient (Wildman–Crippen LogP) is 0.363. The summed E-state index contributed by atoms with van der Waals surface area (Å²) in [5, 5.41) is 10.2. The molecule has 0 aliphatic carbocycles. The highest BCUT2D eigenvalue weighted by Gasteiger charge is 2.23. The van der Waals surface area contributed by atoms with Crippen molar-refractivity contribution in [1.29, 1.82) is 0 Å². The van der Waals surface area contributed by atoms with Crippen molar-refractivity contribution in [3.8, 4) is 0 Å². The second-order valence-electron chi connectivity index (χ2n) is 4.53. The lowest BCUT2D eigenvalue weighted by atomic mass is 10.0. The zero-order valence-corrected chi connectivity index (χ0v) is 12.1. The predicted molar refractivity (Wildman–Crippen MR) is 73.9 cm³/mol. The maximum atomic E-state index is 11.7. The normalized spacial score (nSPS) is 12.7. The fourth-order valence-electron chi connectivity index (χ4n) is 1.59. The second kappa shape index (κ2) is 6.51. The van der Waals surface area contributed by atoms with Gasteiger partial charge in [-0.3, -0.25) is 9.59 Å². The van der Waals surface area contributed by atoms with E-state index in [4.69, 9.17) is 5.11 Å². The highest BCUT2D eigenvalue weighted by atomic mass is 32.2. The molecule has 2 N–H and O–H groups in total. The second-order valence-corrected chi connectivity index (χ2v) is 6.89. The summed E-state index contributed by atoms with van der Waals surface area (Å²) >= 11 is 0. The molecule has 0 radical (unpaired) electrons. The summed E-state index contributed by atoms with van der Waals surface area (Å²) in [6, 6.07) is 6.80. The summed E-state index contributed by atoms with van der Waals surface area (Å²) < 4.78 is 22.5. The van der Waals surface area contributed by atoms with Crippen molar-refractivity contribution < 1.29 is 23.1 Å². The summed E-state index contributed by atoms with van der Waals surface area (Å²) in [5.74, 6) is -1.56. The quantitative estimate of drug-likeness (QED) is 0.790. The van der Waals surface area contributed by atoms with Crippen LogP contribution < -0.4 is 5.32 Å². The van der Waals surface area contributed by atoms with Crippen molar-refractivity contribution in [3.05, 3.63) is 35.4 Å². The first kappa shape index (κ1) is 16.2. The van der Waals surface area contributed by atoms with E-state index >= 15 is 0 Å². The Morgan fingerprint density at radius 3 is 2.30 bits per heavy atom. The van der Waals surface area contributed by atoms with Crippen LogP contribution in [-0.4, -0.2) is 36.9 Å². The van der Waals surface area contributed by atoms with E-state index in [1.807, 2.05) is 0 Å². The van der Waals surface area contributed by atoms with Crippen molar-refractivity contribution in [1.82, 2.24) is 5.32 Å². The third-order valence-corrected chi connectivity index (χ3v) is 4.42. The number of aliphatic carboxylic acids is 1. The van der Waals surface area contributed by atoms with Crippen LogP contribution in [0.4, 0.5) is 0 Å². The van der Waals surface area contributed by atoms with E-state index < -0.39 is 27.0 Å². The molecule has 0 bridgehead atoms. The number of nitrogens with one attached hydrogen (secondary N) is 1. The monoisotopic (exact) mass is 299 g/mol. The Hall–Kier alpha value is -1.89. The number of sulfone groups is 1. The van der Waals surface area contributed by atoms with Crippen LogP contribution in [-0.2, 0) is 32.4 Å². The molecule has 6 nitrogen and oxygen atoms in total. The Balaban J connectivity index is 2.76. The van der Waals surface area contributed by atoms with Gasteiger partial charge in [-0.25, -0.2) is 8.42 Å². The summed E-state index contributed by atoms with van der Waals surface area (Å²) in [5.41, 5.74) is 1.25. The van der Waals surface area contributed by atoms with Crippen LogP contribution >= 0.6 is 0 Å².